The number of carbonyl (C=O) groups excluding carboxylic acids is 1. The van der Waals surface area contributed by atoms with E-state index in [1.807, 2.05) is 18.2 Å². The van der Waals surface area contributed by atoms with Gasteiger partial charge < -0.3 is 10.1 Å². The molecule has 0 saturated heterocycles. The van der Waals surface area contributed by atoms with E-state index in [0.717, 1.165) is 23.0 Å². The number of anilines is 2. The van der Waals surface area contributed by atoms with E-state index in [1.165, 1.54) is 5.56 Å². The predicted octanol–water partition coefficient (Wildman–Crippen LogP) is 4.11. The van der Waals surface area contributed by atoms with Gasteiger partial charge in [-0.3, -0.25) is 0 Å². The lowest BCUT2D eigenvalue weighted by Crippen LogP contribution is -2.05. The summed E-state index contributed by atoms with van der Waals surface area (Å²) in [7, 11) is 0. The van der Waals surface area contributed by atoms with Gasteiger partial charge in [-0.25, -0.2) is 14.8 Å². The molecule has 0 aliphatic rings. The fourth-order valence-electron chi connectivity index (χ4n) is 2.53. The molecule has 2 aromatic carbocycles. The average Bonchev–Trinajstić information content (AvgIpc) is 2.61. The number of nitrogens with zero attached hydrogens (tertiary/aromatic N) is 2. The van der Waals surface area contributed by atoms with Crippen molar-refractivity contribution in [2.75, 3.05) is 11.9 Å². The van der Waals surface area contributed by atoms with Crippen LogP contribution < -0.4 is 5.32 Å². The summed E-state index contributed by atoms with van der Waals surface area (Å²) in [4.78, 5) is 20.8. The molecule has 5 nitrogen and oxygen atoms in total. The number of ether oxygens (including phenoxy) is 1. The van der Waals surface area contributed by atoms with Crippen molar-refractivity contribution in [1.82, 2.24) is 9.97 Å². The lowest BCUT2D eigenvalue weighted by atomic mass is 10.1. The molecule has 0 aliphatic heterocycles. The van der Waals surface area contributed by atoms with Gasteiger partial charge in [-0.1, -0.05) is 31.2 Å². The number of aromatic nitrogens is 2. The minimum atomic E-state index is -0.339. The van der Waals surface area contributed by atoms with Crippen molar-refractivity contribution in [1.29, 1.82) is 0 Å². The van der Waals surface area contributed by atoms with E-state index in [1.54, 1.807) is 31.3 Å². The molecule has 0 saturated carbocycles. The maximum Gasteiger partial charge on any atom is 0.338 e. The highest BCUT2D eigenvalue weighted by Crippen LogP contribution is 2.20. The van der Waals surface area contributed by atoms with E-state index in [2.05, 4.69) is 28.3 Å². The van der Waals surface area contributed by atoms with Gasteiger partial charge in [0.2, 0.25) is 5.95 Å². The molecule has 0 radical (unpaired) electrons. The summed E-state index contributed by atoms with van der Waals surface area (Å²) in [6.45, 7) is 4.24. The van der Waals surface area contributed by atoms with Crippen LogP contribution in [0.15, 0.2) is 48.7 Å². The zero-order chi connectivity index (χ0) is 16.9. The predicted molar refractivity (Wildman–Crippen MR) is 94.6 cm³/mol. The fraction of sp³-hybridized carbons (Fsp3) is 0.211. The first-order valence-electron chi connectivity index (χ1n) is 8.00. The molecule has 0 aliphatic carbocycles. The molecule has 0 amide bonds. The molecular weight excluding hydrogens is 302 g/mol. The smallest absolute Gasteiger partial charge is 0.338 e. The van der Waals surface area contributed by atoms with E-state index in [4.69, 9.17) is 4.74 Å². The molecular formula is C19H19N3O2. The van der Waals surface area contributed by atoms with Crippen LogP contribution in [0, 0.1) is 0 Å². The van der Waals surface area contributed by atoms with Crippen LogP contribution >= 0.6 is 0 Å². The second-order valence-corrected chi connectivity index (χ2v) is 5.33. The van der Waals surface area contributed by atoms with Crippen molar-refractivity contribution < 1.29 is 9.53 Å². The zero-order valence-electron chi connectivity index (χ0n) is 13.7. The molecule has 122 valence electrons. The average molecular weight is 321 g/mol. The number of esters is 1. The van der Waals surface area contributed by atoms with Crippen molar-refractivity contribution in [3.05, 3.63) is 59.8 Å². The first-order valence-corrected chi connectivity index (χ1v) is 8.00. The number of hydrogen-bond acceptors (Lipinski definition) is 5. The summed E-state index contributed by atoms with van der Waals surface area (Å²) >= 11 is 0. The van der Waals surface area contributed by atoms with Gasteiger partial charge in [-0.05, 0) is 37.1 Å². The fourth-order valence-corrected chi connectivity index (χ4v) is 2.53. The number of aryl methyl sites for hydroxylation is 1. The summed E-state index contributed by atoms with van der Waals surface area (Å²) in [5.74, 6) is 0.165. The number of carbonyl (C=O) groups is 1. The summed E-state index contributed by atoms with van der Waals surface area (Å²) in [5, 5.41) is 4.17. The molecule has 0 atom stereocenters. The molecule has 0 spiro atoms. The molecule has 0 unspecified atom stereocenters. The van der Waals surface area contributed by atoms with E-state index in [9.17, 15) is 4.79 Å². The van der Waals surface area contributed by atoms with Crippen LogP contribution in [0.3, 0.4) is 0 Å². The van der Waals surface area contributed by atoms with Gasteiger partial charge in [0.25, 0.3) is 0 Å². The lowest BCUT2D eigenvalue weighted by Gasteiger charge is -2.09. The van der Waals surface area contributed by atoms with Crippen LogP contribution in [0.2, 0.25) is 0 Å². The summed E-state index contributed by atoms with van der Waals surface area (Å²) in [6, 6.07) is 13.2. The maximum absolute atomic E-state index is 11.8. The highest BCUT2D eigenvalue weighted by molar-refractivity contribution is 5.90. The van der Waals surface area contributed by atoms with Crippen molar-refractivity contribution >= 4 is 28.5 Å². The monoisotopic (exact) mass is 321 g/mol. The molecule has 3 rings (SSSR count). The topological polar surface area (TPSA) is 64.1 Å². The summed E-state index contributed by atoms with van der Waals surface area (Å²) < 4.78 is 5.02. The van der Waals surface area contributed by atoms with E-state index < -0.39 is 0 Å². The van der Waals surface area contributed by atoms with Crippen LogP contribution in [-0.2, 0) is 11.2 Å². The van der Waals surface area contributed by atoms with Crippen LogP contribution in [0.25, 0.3) is 10.9 Å². The Morgan fingerprint density at radius 1 is 1.17 bits per heavy atom. The first kappa shape index (κ1) is 15.9. The molecule has 0 fully saturated rings. The Labute approximate surface area is 140 Å². The Morgan fingerprint density at radius 3 is 2.79 bits per heavy atom. The molecule has 3 aromatic rings. The van der Waals surface area contributed by atoms with Gasteiger partial charge in [-0.2, -0.15) is 0 Å². The van der Waals surface area contributed by atoms with Gasteiger partial charge in [-0.15, -0.1) is 0 Å². The van der Waals surface area contributed by atoms with E-state index >= 15 is 0 Å². The number of hydrogen-bond donors (Lipinski definition) is 1. The largest absolute Gasteiger partial charge is 0.462 e. The molecule has 1 heterocycles. The third kappa shape index (κ3) is 3.35. The molecule has 5 heteroatoms. The van der Waals surface area contributed by atoms with Crippen LogP contribution in [0.4, 0.5) is 11.6 Å². The Balaban J connectivity index is 1.90. The lowest BCUT2D eigenvalue weighted by molar-refractivity contribution is 0.0526. The third-order valence-electron chi connectivity index (χ3n) is 3.71. The SMILES string of the molecule is CCOC(=O)c1cccc(Nc2ncc3cccc(CC)c3n2)c1. The van der Waals surface area contributed by atoms with E-state index in [0.29, 0.717) is 18.1 Å². The summed E-state index contributed by atoms with van der Waals surface area (Å²) in [5.41, 5.74) is 3.36. The normalized spacial score (nSPS) is 10.6. The minimum Gasteiger partial charge on any atom is -0.462 e. The van der Waals surface area contributed by atoms with E-state index in [-0.39, 0.29) is 5.97 Å². The van der Waals surface area contributed by atoms with Gasteiger partial charge >= 0.3 is 5.97 Å². The second-order valence-electron chi connectivity index (χ2n) is 5.33. The van der Waals surface area contributed by atoms with Crippen LogP contribution in [0.5, 0.6) is 0 Å². The van der Waals surface area contributed by atoms with Crippen LogP contribution in [-0.4, -0.2) is 22.5 Å². The number of fused-ring (bicyclic) bond motifs is 1. The Bertz CT molecular complexity index is 877. The number of benzene rings is 2. The zero-order valence-corrected chi connectivity index (χ0v) is 13.7. The van der Waals surface area contributed by atoms with Gasteiger partial charge in [0.1, 0.15) is 0 Å². The van der Waals surface area contributed by atoms with Crippen LogP contribution in [0.1, 0.15) is 29.8 Å². The highest BCUT2D eigenvalue weighted by atomic mass is 16.5. The molecule has 1 N–H and O–H groups in total. The Hall–Kier alpha value is -2.95. The standard InChI is InChI=1S/C19H19N3O2/c1-3-13-7-5-9-15-12-20-19(22-17(13)15)21-16-10-6-8-14(11-16)18(23)24-4-2/h5-12H,3-4H2,1-2H3,(H,20,21,22). The van der Waals surface area contributed by atoms with Gasteiger partial charge in [0.05, 0.1) is 17.7 Å². The Morgan fingerprint density at radius 2 is 2.00 bits per heavy atom. The molecule has 0 bridgehead atoms. The quantitative estimate of drug-likeness (QED) is 0.716. The number of para-hydroxylation sites is 1. The summed E-state index contributed by atoms with van der Waals surface area (Å²) in [6.07, 6.45) is 2.71. The van der Waals surface area contributed by atoms with Crippen molar-refractivity contribution in [2.24, 2.45) is 0 Å². The van der Waals surface area contributed by atoms with Crippen molar-refractivity contribution in [3.8, 4) is 0 Å². The number of nitrogens with one attached hydrogen (secondary N) is 1. The molecule has 24 heavy (non-hydrogen) atoms. The second kappa shape index (κ2) is 7.08. The van der Waals surface area contributed by atoms with Crippen molar-refractivity contribution in [2.45, 2.75) is 20.3 Å². The third-order valence-corrected chi connectivity index (χ3v) is 3.71. The Kier molecular flexibility index (Phi) is 4.70. The minimum absolute atomic E-state index is 0.339. The maximum atomic E-state index is 11.8. The van der Waals surface area contributed by atoms with Gasteiger partial charge in [0.15, 0.2) is 0 Å². The first-order chi connectivity index (χ1) is 11.7. The highest BCUT2D eigenvalue weighted by Gasteiger charge is 2.08. The van der Waals surface area contributed by atoms with Gasteiger partial charge in [0, 0.05) is 17.3 Å². The van der Waals surface area contributed by atoms with Crippen molar-refractivity contribution in [3.63, 3.8) is 0 Å². The molecule has 1 aromatic heterocycles. The number of rotatable bonds is 5.